The van der Waals surface area contributed by atoms with Crippen LogP contribution in [0.5, 0.6) is 0 Å². The van der Waals surface area contributed by atoms with E-state index in [0.29, 0.717) is 11.6 Å². The molecule has 1 heterocycles. The van der Waals surface area contributed by atoms with Crippen LogP contribution in [0.1, 0.15) is 31.1 Å². The molecule has 102 valence electrons. The molecule has 0 amide bonds. The molecule has 0 aliphatic carbocycles. The molecule has 4 nitrogen and oxygen atoms in total. The summed E-state index contributed by atoms with van der Waals surface area (Å²) in [7, 11) is 1.90. The summed E-state index contributed by atoms with van der Waals surface area (Å²) in [6.45, 7) is 2.08. The highest BCUT2D eigenvalue weighted by Crippen LogP contribution is 2.24. The predicted molar refractivity (Wildman–Crippen MR) is 80.1 cm³/mol. The first-order valence-electron chi connectivity index (χ1n) is 6.11. The van der Waals surface area contributed by atoms with Crippen molar-refractivity contribution in [3.8, 4) is 0 Å². The van der Waals surface area contributed by atoms with Gasteiger partial charge in [0.1, 0.15) is 0 Å². The molecule has 0 radical (unpaired) electrons. The minimum atomic E-state index is 0.138. The van der Waals surface area contributed by atoms with Crippen LogP contribution in [0.3, 0.4) is 0 Å². The summed E-state index contributed by atoms with van der Waals surface area (Å²) >= 11 is 5.12. The number of benzene rings is 1. The Morgan fingerprint density at radius 2 is 2.11 bits per heavy atom. The molecular weight excluding hydrogens is 326 g/mol. The van der Waals surface area contributed by atoms with E-state index in [1.165, 1.54) is 4.90 Å². The Labute approximate surface area is 125 Å². The molecule has 0 saturated carbocycles. The van der Waals surface area contributed by atoms with Crippen molar-refractivity contribution >= 4 is 27.7 Å². The van der Waals surface area contributed by atoms with Gasteiger partial charge in [0.25, 0.3) is 0 Å². The highest BCUT2D eigenvalue weighted by molar-refractivity contribution is 9.10. The Kier molecular flexibility index (Phi) is 5.42. The minimum absolute atomic E-state index is 0.138. The Balaban J connectivity index is 1.95. The maximum Gasteiger partial charge on any atom is 0.243 e. The zero-order valence-electron chi connectivity index (χ0n) is 10.9. The van der Waals surface area contributed by atoms with Crippen LogP contribution in [0, 0.1) is 0 Å². The summed E-state index contributed by atoms with van der Waals surface area (Å²) in [5.74, 6) is 2.11. The summed E-state index contributed by atoms with van der Waals surface area (Å²) in [5.41, 5.74) is 0. The zero-order valence-corrected chi connectivity index (χ0v) is 13.3. The summed E-state index contributed by atoms with van der Waals surface area (Å²) in [4.78, 5) is 5.60. The van der Waals surface area contributed by atoms with Gasteiger partial charge in [0.2, 0.25) is 5.89 Å². The largest absolute Gasteiger partial charge is 0.338 e. The highest BCUT2D eigenvalue weighted by atomic mass is 79.9. The number of thioether (sulfide) groups is 1. The lowest BCUT2D eigenvalue weighted by atomic mass is 10.2. The number of nitrogens with one attached hydrogen (secondary N) is 1. The molecule has 0 aliphatic heterocycles. The van der Waals surface area contributed by atoms with Crippen LogP contribution in [0.4, 0.5) is 0 Å². The standard InChI is InChI=1S/C13H16BrN3OS/c1-3-11(15-2)13-16-12(17-18-13)8-19-10-6-4-9(14)5-7-10/h4-7,11,15H,3,8H2,1-2H3. The van der Waals surface area contributed by atoms with Crippen LogP contribution < -0.4 is 5.32 Å². The SMILES string of the molecule is CCC(NC)c1nc(CSc2ccc(Br)cc2)no1. The Bertz CT molecular complexity index is 511. The third kappa shape index (κ3) is 4.06. The molecule has 1 aromatic carbocycles. The lowest BCUT2D eigenvalue weighted by Crippen LogP contribution is -2.15. The Morgan fingerprint density at radius 3 is 2.74 bits per heavy atom. The van der Waals surface area contributed by atoms with Gasteiger partial charge in [-0.1, -0.05) is 28.0 Å². The maximum absolute atomic E-state index is 5.27. The molecule has 0 fully saturated rings. The number of hydrogen-bond donors (Lipinski definition) is 1. The molecule has 19 heavy (non-hydrogen) atoms. The van der Waals surface area contributed by atoms with E-state index in [1.807, 2.05) is 19.2 Å². The van der Waals surface area contributed by atoms with Gasteiger partial charge in [0.15, 0.2) is 5.82 Å². The van der Waals surface area contributed by atoms with E-state index in [-0.39, 0.29) is 6.04 Å². The molecule has 0 bridgehead atoms. The van der Waals surface area contributed by atoms with E-state index >= 15 is 0 Å². The average molecular weight is 342 g/mol. The number of aromatic nitrogens is 2. The summed E-state index contributed by atoms with van der Waals surface area (Å²) in [6.07, 6.45) is 0.929. The van der Waals surface area contributed by atoms with Crippen molar-refractivity contribution in [3.05, 3.63) is 40.5 Å². The number of halogens is 1. The molecular formula is C13H16BrN3OS. The van der Waals surface area contributed by atoms with Crippen LogP contribution in [0.15, 0.2) is 38.2 Å². The van der Waals surface area contributed by atoms with Gasteiger partial charge in [0, 0.05) is 9.37 Å². The molecule has 1 unspecified atom stereocenters. The fourth-order valence-corrected chi connectivity index (χ4v) is 2.65. The third-order valence-corrected chi connectivity index (χ3v) is 4.26. The van der Waals surface area contributed by atoms with Crippen molar-refractivity contribution in [1.82, 2.24) is 15.5 Å². The Morgan fingerprint density at radius 1 is 1.37 bits per heavy atom. The summed E-state index contributed by atoms with van der Waals surface area (Å²) in [5, 5.41) is 7.16. The lowest BCUT2D eigenvalue weighted by molar-refractivity contribution is 0.332. The van der Waals surface area contributed by atoms with Crippen molar-refractivity contribution in [2.75, 3.05) is 7.05 Å². The van der Waals surface area contributed by atoms with Crippen LogP contribution >= 0.6 is 27.7 Å². The lowest BCUT2D eigenvalue weighted by Gasteiger charge is -2.06. The van der Waals surface area contributed by atoms with Crippen LogP contribution in [0.2, 0.25) is 0 Å². The second kappa shape index (κ2) is 7.07. The molecule has 0 spiro atoms. The first-order chi connectivity index (χ1) is 9.22. The van der Waals surface area contributed by atoms with Gasteiger partial charge in [-0.15, -0.1) is 11.8 Å². The smallest absolute Gasteiger partial charge is 0.243 e. The summed E-state index contributed by atoms with van der Waals surface area (Å²) < 4.78 is 6.35. The van der Waals surface area contributed by atoms with Crippen molar-refractivity contribution in [2.24, 2.45) is 0 Å². The quantitative estimate of drug-likeness (QED) is 0.810. The molecule has 0 saturated heterocycles. The van der Waals surface area contributed by atoms with Gasteiger partial charge in [-0.05, 0) is 37.7 Å². The van der Waals surface area contributed by atoms with Gasteiger partial charge in [-0.2, -0.15) is 4.98 Å². The first-order valence-corrected chi connectivity index (χ1v) is 7.89. The number of hydrogen-bond acceptors (Lipinski definition) is 5. The molecule has 6 heteroatoms. The second-order valence-electron chi connectivity index (χ2n) is 4.04. The van der Waals surface area contributed by atoms with Gasteiger partial charge in [-0.3, -0.25) is 0 Å². The van der Waals surface area contributed by atoms with Crippen molar-refractivity contribution < 1.29 is 4.52 Å². The second-order valence-corrected chi connectivity index (χ2v) is 6.01. The summed E-state index contributed by atoms with van der Waals surface area (Å²) in [6, 6.07) is 8.32. The van der Waals surface area contributed by atoms with Gasteiger partial charge < -0.3 is 9.84 Å². The van der Waals surface area contributed by atoms with E-state index in [9.17, 15) is 0 Å². The predicted octanol–water partition coefficient (Wildman–Crippen LogP) is 3.79. The minimum Gasteiger partial charge on any atom is -0.338 e. The number of rotatable bonds is 6. The molecule has 1 atom stereocenters. The van der Waals surface area contributed by atoms with E-state index in [2.05, 4.69) is 50.4 Å². The average Bonchev–Trinajstić information content (AvgIpc) is 2.88. The van der Waals surface area contributed by atoms with Crippen molar-refractivity contribution in [2.45, 2.75) is 30.0 Å². The molecule has 0 aliphatic rings. The Hall–Kier alpha value is -0.850. The van der Waals surface area contributed by atoms with E-state index in [1.54, 1.807) is 11.8 Å². The monoisotopic (exact) mass is 341 g/mol. The van der Waals surface area contributed by atoms with Gasteiger partial charge in [-0.25, -0.2) is 0 Å². The van der Waals surface area contributed by atoms with E-state index in [4.69, 9.17) is 4.52 Å². The molecule has 2 rings (SSSR count). The fourth-order valence-electron chi connectivity index (χ4n) is 1.65. The van der Waals surface area contributed by atoms with Crippen LogP contribution in [0.25, 0.3) is 0 Å². The van der Waals surface area contributed by atoms with Crippen LogP contribution in [-0.2, 0) is 5.75 Å². The normalized spacial score (nSPS) is 12.6. The first kappa shape index (κ1) is 14.6. The third-order valence-electron chi connectivity index (χ3n) is 2.72. The highest BCUT2D eigenvalue weighted by Gasteiger charge is 2.15. The van der Waals surface area contributed by atoms with Crippen molar-refractivity contribution in [3.63, 3.8) is 0 Å². The molecule has 1 N–H and O–H groups in total. The molecule has 1 aromatic heterocycles. The van der Waals surface area contributed by atoms with Gasteiger partial charge in [0.05, 0.1) is 11.8 Å². The topological polar surface area (TPSA) is 51.0 Å². The van der Waals surface area contributed by atoms with Gasteiger partial charge >= 0.3 is 0 Å². The molecule has 2 aromatic rings. The van der Waals surface area contributed by atoms with E-state index < -0.39 is 0 Å². The maximum atomic E-state index is 5.27. The van der Waals surface area contributed by atoms with E-state index in [0.717, 1.165) is 16.7 Å². The van der Waals surface area contributed by atoms with Crippen molar-refractivity contribution in [1.29, 1.82) is 0 Å². The number of nitrogens with zero attached hydrogens (tertiary/aromatic N) is 2. The fraction of sp³-hybridized carbons (Fsp3) is 0.385. The van der Waals surface area contributed by atoms with Crippen LogP contribution in [-0.4, -0.2) is 17.2 Å². The zero-order chi connectivity index (χ0) is 13.7.